The van der Waals surface area contributed by atoms with Crippen molar-refractivity contribution in [2.24, 2.45) is 5.92 Å². The van der Waals surface area contributed by atoms with E-state index in [0.717, 1.165) is 42.7 Å². The summed E-state index contributed by atoms with van der Waals surface area (Å²) >= 11 is 0. The van der Waals surface area contributed by atoms with Gasteiger partial charge in [-0.25, -0.2) is 9.97 Å². The number of nitrogens with one attached hydrogen (secondary N) is 1. The lowest BCUT2D eigenvalue weighted by molar-refractivity contribution is 0.0732. The lowest BCUT2D eigenvalue weighted by atomic mass is 10.0. The van der Waals surface area contributed by atoms with Gasteiger partial charge in [-0.05, 0) is 56.1 Å². The van der Waals surface area contributed by atoms with Crippen LogP contribution in [0.25, 0.3) is 0 Å². The first-order valence-corrected chi connectivity index (χ1v) is 12.5. The van der Waals surface area contributed by atoms with Crippen LogP contribution in [-0.4, -0.2) is 40.9 Å². The monoisotopic (exact) mass is 474 g/mol. The molecule has 6 heteroatoms. The number of carbonyl (C=O) groups is 1. The molecule has 1 amide bonds. The zero-order valence-corrected chi connectivity index (χ0v) is 21.4. The van der Waals surface area contributed by atoms with Crippen LogP contribution in [0, 0.1) is 12.8 Å². The van der Waals surface area contributed by atoms with Crippen molar-refractivity contribution in [2.75, 3.05) is 20.1 Å². The largest absolute Gasteiger partial charge is 0.486 e. The van der Waals surface area contributed by atoms with Crippen LogP contribution in [0.1, 0.15) is 66.4 Å². The Bertz CT molecular complexity index is 1040. The number of ether oxygens (including phenoxy) is 1. The Kier molecular flexibility index (Phi) is 10.2. The van der Waals surface area contributed by atoms with E-state index in [2.05, 4.69) is 41.3 Å². The van der Waals surface area contributed by atoms with E-state index in [1.807, 2.05) is 61.3 Å². The molecule has 0 aliphatic carbocycles. The molecule has 186 valence electrons. The molecule has 0 fully saturated rings. The Balaban J connectivity index is 1.73. The molecule has 0 bridgehead atoms. The maximum atomic E-state index is 13.4. The van der Waals surface area contributed by atoms with E-state index in [1.54, 1.807) is 6.20 Å². The van der Waals surface area contributed by atoms with Gasteiger partial charge in [0.2, 0.25) is 0 Å². The van der Waals surface area contributed by atoms with E-state index in [9.17, 15) is 4.79 Å². The summed E-state index contributed by atoms with van der Waals surface area (Å²) in [5.41, 5.74) is 3.49. The molecule has 0 saturated heterocycles. The molecule has 0 aliphatic heterocycles. The summed E-state index contributed by atoms with van der Waals surface area (Å²) in [7, 11) is 1.95. The van der Waals surface area contributed by atoms with Crippen LogP contribution in [0.2, 0.25) is 0 Å². The highest BCUT2D eigenvalue weighted by atomic mass is 16.5. The molecule has 2 atom stereocenters. The number of amides is 1. The SMILES string of the molecule is CCC(C)CCN(Cc1ccc(OC(CCNC)c2ccccc2)cc1)C(=O)c1cncnc1C. The minimum absolute atomic E-state index is 0.0239. The minimum atomic E-state index is -0.0251. The number of rotatable bonds is 13. The Morgan fingerprint density at radius 2 is 1.83 bits per heavy atom. The smallest absolute Gasteiger partial charge is 0.257 e. The van der Waals surface area contributed by atoms with Gasteiger partial charge in [0.05, 0.1) is 11.3 Å². The summed E-state index contributed by atoms with van der Waals surface area (Å²) in [5.74, 6) is 1.35. The van der Waals surface area contributed by atoms with E-state index >= 15 is 0 Å². The van der Waals surface area contributed by atoms with E-state index in [1.165, 1.54) is 6.33 Å². The Hall–Kier alpha value is -3.25. The molecule has 35 heavy (non-hydrogen) atoms. The second-order valence-electron chi connectivity index (χ2n) is 9.10. The molecule has 6 nitrogen and oxygen atoms in total. The highest BCUT2D eigenvalue weighted by Gasteiger charge is 2.20. The van der Waals surface area contributed by atoms with Crippen LogP contribution in [0.5, 0.6) is 5.75 Å². The first-order valence-electron chi connectivity index (χ1n) is 12.5. The van der Waals surface area contributed by atoms with Gasteiger partial charge in [0.15, 0.2) is 0 Å². The molecular formula is C29H38N4O2. The summed E-state index contributed by atoms with van der Waals surface area (Å²) in [6.45, 7) is 8.36. The first kappa shape index (κ1) is 26.4. The Labute approximate surface area is 209 Å². The highest BCUT2D eigenvalue weighted by Crippen LogP contribution is 2.25. The fourth-order valence-electron chi connectivity index (χ4n) is 3.90. The van der Waals surface area contributed by atoms with Crippen LogP contribution < -0.4 is 10.1 Å². The van der Waals surface area contributed by atoms with E-state index < -0.39 is 0 Å². The van der Waals surface area contributed by atoms with Gasteiger partial charge in [-0.1, -0.05) is 62.7 Å². The van der Waals surface area contributed by atoms with Gasteiger partial charge >= 0.3 is 0 Å². The number of benzene rings is 2. The van der Waals surface area contributed by atoms with Gasteiger partial charge in [-0.3, -0.25) is 4.79 Å². The number of hydrogen-bond donors (Lipinski definition) is 1. The van der Waals surface area contributed by atoms with Crippen molar-refractivity contribution in [3.8, 4) is 5.75 Å². The zero-order chi connectivity index (χ0) is 25.0. The fraction of sp³-hybridized carbons (Fsp3) is 0.414. The molecule has 3 aromatic rings. The average Bonchev–Trinajstić information content (AvgIpc) is 2.90. The fourth-order valence-corrected chi connectivity index (χ4v) is 3.90. The van der Waals surface area contributed by atoms with Gasteiger partial charge in [0.1, 0.15) is 18.2 Å². The van der Waals surface area contributed by atoms with Crippen LogP contribution in [-0.2, 0) is 6.54 Å². The molecule has 3 rings (SSSR count). The van der Waals surface area contributed by atoms with Crippen molar-refractivity contribution in [1.29, 1.82) is 0 Å². The van der Waals surface area contributed by atoms with Gasteiger partial charge in [-0.15, -0.1) is 0 Å². The zero-order valence-electron chi connectivity index (χ0n) is 21.4. The van der Waals surface area contributed by atoms with Gasteiger partial charge in [0, 0.05) is 25.7 Å². The molecule has 2 unspecified atom stereocenters. The minimum Gasteiger partial charge on any atom is -0.486 e. The highest BCUT2D eigenvalue weighted by molar-refractivity contribution is 5.94. The third-order valence-electron chi connectivity index (χ3n) is 6.42. The second kappa shape index (κ2) is 13.6. The predicted molar refractivity (Wildman–Crippen MR) is 140 cm³/mol. The number of aromatic nitrogens is 2. The molecule has 1 aromatic heterocycles. The number of aryl methyl sites for hydroxylation is 1. The van der Waals surface area contributed by atoms with Gasteiger partial charge < -0.3 is 15.0 Å². The second-order valence-corrected chi connectivity index (χ2v) is 9.10. The molecule has 0 saturated carbocycles. The van der Waals surface area contributed by atoms with Crippen LogP contribution in [0.4, 0.5) is 0 Å². The normalized spacial score (nSPS) is 12.7. The van der Waals surface area contributed by atoms with Crippen molar-refractivity contribution >= 4 is 5.91 Å². The molecule has 0 aliphatic rings. The Morgan fingerprint density at radius 3 is 2.49 bits per heavy atom. The molecule has 1 heterocycles. The van der Waals surface area contributed by atoms with Crippen LogP contribution in [0.3, 0.4) is 0 Å². The maximum Gasteiger partial charge on any atom is 0.257 e. The van der Waals surface area contributed by atoms with Gasteiger partial charge in [-0.2, -0.15) is 0 Å². The average molecular weight is 475 g/mol. The quantitative estimate of drug-likeness (QED) is 0.350. The topological polar surface area (TPSA) is 67.3 Å². The molecule has 0 radical (unpaired) electrons. The number of hydrogen-bond acceptors (Lipinski definition) is 5. The summed E-state index contributed by atoms with van der Waals surface area (Å²) in [6.07, 6.45) is 6.00. The molecule has 0 spiro atoms. The molecule has 2 aromatic carbocycles. The number of nitrogens with zero attached hydrogens (tertiary/aromatic N) is 3. The lowest BCUT2D eigenvalue weighted by Crippen LogP contribution is -2.33. The third kappa shape index (κ3) is 7.89. The van der Waals surface area contributed by atoms with Crippen molar-refractivity contribution in [3.05, 3.63) is 89.5 Å². The number of carbonyl (C=O) groups excluding carboxylic acids is 1. The van der Waals surface area contributed by atoms with Crippen molar-refractivity contribution in [1.82, 2.24) is 20.2 Å². The molecule has 1 N–H and O–H groups in total. The Morgan fingerprint density at radius 1 is 1.09 bits per heavy atom. The van der Waals surface area contributed by atoms with E-state index in [4.69, 9.17) is 4.74 Å². The summed E-state index contributed by atoms with van der Waals surface area (Å²) in [4.78, 5) is 23.5. The van der Waals surface area contributed by atoms with E-state index in [-0.39, 0.29) is 12.0 Å². The first-order chi connectivity index (χ1) is 17.0. The van der Waals surface area contributed by atoms with Crippen molar-refractivity contribution < 1.29 is 9.53 Å². The van der Waals surface area contributed by atoms with Crippen LogP contribution >= 0.6 is 0 Å². The predicted octanol–water partition coefficient (Wildman–Crippen LogP) is 5.59. The van der Waals surface area contributed by atoms with E-state index in [0.29, 0.717) is 30.3 Å². The summed E-state index contributed by atoms with van der Waals surface area (Å²) in [5, 5.41) is 3.21. The standard InChI is InChI=1S/C29H38N4O2/c1-5-22(2)16-18-33(29(34)27-19-31-21-32-23(27)3)20-24-11-13-26(14-12-24)35-28(15-17-30-4)25-9-7-6-8-10-25/h6-14,19,21-22,28,30H,5,15-18,20H2,1-4H3. The van der Waals surface area contributed by atoms with Crippen molar-refractivity contribution in [3.63, 3.8) is 0 Å². The lowest BCUT2D eigenvalue weighted by Gasteiger charge is -2.25. The summed E-state index contributed by atoms with van der Waals surface area (Å²) in [6, 6.07) is 18.4. The summed E-state index contributed by atoms with van der Waals surface area (Å²) < 4.78 is 6.35. The van der Waals surface area contributed by atoms with Crippen molar-refractivity contribution in [2.45, 2.75) is 52.7 Å². The third-order valence-corrected chi connectivity index (χ3v) is 6.42. The maximum absolute atomic E-state index is 13.4. The van der Waals surface area contributed by atoms with Gasteiger partial charge in [0.25, 0.3) is 5.91 Å². The molecular weight excluding hydrogens is 436 g/mol. The van der Waals surface area contributed by atoms with Crippen LogP contribution in [0.15, 0.2) is 67.1 Å².